The highest BCUT2D eigenvalue weighted by molar-refractivity contribution is 5.15. The zero-order valence-electron chi connectivity index (χ0n) is 10.3. The van der Waals surface area contributed by atoms with Crippen molar-refractivity contribution >= 4 is 0 Å². The van der Waals surface area contributed by atoms with Gasteiger partial charge in [-0.25, -0.2) is 4.39 Å². The Labute approximate surface area is 98.1 Å². The van der Waals surface area contributed by atoms with Crippen molar-refractivity contribution in [2.24, 2.45) is 0 Å². The molecule has 1 aromatic rings. The quantitative estimate of drug-likeness (QED) is 0.739. The molecule has 2 heteroatoms. The SMILES string of the molecule is CCCCC(CC)NCc1ccc(F)cc1. The van der Waals surface area contributed by atoms with Gasteiger partial charge >= 0.3 is 0 Å². The van der Waals surface area contributed by atoms with E-state index in [9.17, 15) is 4.39 Å². The van der Waals surface area contributed by atoms with Crippen molar-refractivity contribution in [2.75, 3.05) is 0 Å². The zero-order chi connectivity index (χ0) is 11.8. The van der Waals surface area contributed by atoms with E-state index in [0.717, 1.165) is 18.5 Å². The van der Waals surface area contributed by atoms with E-state index < -0.39 is 0 Å². The van der Waals surface area contributed by atoms with E-state index in [2.05, 4.69) is 19.2 Å². The van der Waals surface area contributed by atoms with Gasteiger partial charge in [-0.15, -0.1) is 0 Å². The number of benzene rings is 1. The zero-order valence-corrected chi connectivity index (χ0v) is 10.3. The first kappa shape index (κ1) is 13.2. The molecule has 90 valence electrons. The van der Waals surface area contributed by atoms with Crippen LogP contribution < -0.4 is 5.32 Å². The van der Waals surface area contributed by atoms with Crippen LogP contribution in [-0.4, -0.2) is 6.04 Å². The van der Waals surface area contributed by atoms with Crippen LogP contribution in [0.15, 0.2) is 24.3 Å². The summed E-state index contributed by atoms with van der Waals surface area (Å²) in [7, 11) is 0. The van der Waals surface area contributed by atoms with Gasteiger partial charge in [0.05, 0.1) is 0 Å². The molecule has 0 saturated carbocycles. The van der Waals surface area contributed by atoms with Crippen molar-refractivity contribution in [2.45, 2.75) is 52.1 Å². The molecule has 1 aromatic carbocycles. The van der Waals surface area contributed by atoms with E-state index in [0.29, 0.717) is 6.04 Å². The molecule has 0 heterocycles. The summed E-state index contributed by atoms with van der Waals surface area (Å²) in [4.78, 5) is 0. The van der Waals surface area contributed by atoms with Crippen LogP contribution >= 0.6 is 0 Å². The second-order valence-electron chi connectivity index (χ2n) is 4.25. The van der Waals surface area contributed by atoms with Crippen molar-refractivity contribution in [3.63, 3.8) is 0 Å². The highest BCUT2D eigenvalue weighted by Gasteiger charge is 2.04. The Hall–Kier alpha value is -0.890. The Balaban J connectivity index is 2.34. The molecule has 16 heavy (non-hydrogen) atoms. The molecule has 1 N–H and O–H groups in total. The molecule has 0 radical (unpaired) electrons. The monoisotopic (exact) mass is 223 g/mol. The topological polar surface area (TPSA) is 12.0 Å². The van der Waals surface area contributed by atoms with E-state index in [-0.39, 0.29) is 5.82 Å². The van der Waals surface area contributed by atoms with E-state index in [1.54, 1.807) is 0 Å². The molecule has 0 aromatic heterocycles. The fourth-order valence-corrected chi connectivity index (χ4v) is 1.77. The largest absolute Gasteiger partial charge is 0.310 e. The highest BCUT2D eigenvalue weighted by Crippen LogP contribution is 2.07. The van der Waals surface area contributed by atoms with E-state index in [1.165, 1.54) is 31.4 Å². The van der Waals surface area contributed by atoms with Crippen LogP contribution in [0.5, 0.6) is 0 Å². The van der Waals surface area contributed by atoms with Gasteiger partial charge in [-0.3, -0.25) is 0 Å². The van der Waals surface area contributed by atoms with Crippen molar-refractivity contribution in [1.82, 2.24) is 5.32 Å². The molecule has 0 aliphatic heterocycles. The third kappa shape index (κ3) is 4.75. The predicted octanol–water partition coefficient (Wildman–Crippen LogP) is 3.88. The maximum Gasteiger partial charge on any atom is 0.123 e. The minimum absolute atomic E-state index is 0.165. The lowest BCUT2D eigenvalue weighted by molar-refractivity contribution is 0.452. The van der Waals surface area contributed by atoms with Gasteiger partial charge in [0.25, 0.3) is 0 Å². The van der Waals surface area contributed by atoms with Gasteiger partial charge in [-0.2, -0.15) is 0 Å². The molecule has 0 saturated heterocycles. The van der Waals surface area contributed by atoms with E-state index in [1.807, 2.05) is 12.1 Å². The second-order valence-corrected chi connectivity index (χ2v) is 4.25. The van der Waals surface area contributed by atoms with Crippen LogP contribution in [0.25, 0.3) is 0 Å². The lowest BCUT2D eigenvalue weighted by Gasteiger charge is -2.16. The molecular formula is C14H22FN. The summed E-state index contributed by atoms with van der Waals surface area (Å²) in [6.07, 6.45) is 4.90. The maximum atomic E-state index is 12.7. The number of nitrogens with one attached hydrogen (secondary N) is 1. The molecule has 0 amide bonds. The maximum absolute atomic E-state index is 12.7. The first-order valence-corrected chi connectivity index (χ1v) is 6.24. The van der Waals surface area contributed by atoms with Crippen LogP contribution in [0.4, 0.5) is 4.39 Å². The lowest BCUT2D eigenvalue weighted by atomic mass is 10.1. The van der Waals surface area contributed by atoms with Gasteiger partial charge < -0.3 is 5.32 Å². The van der Waals surface area contributed by atoms with Crippen LogP contribution in [-0.2, 0) is 6.54 Å². The summed E-state index contributed by atoms with van der Waals surface area (Å²) < 4.78 is 12.7. The molecule has 0 spiro atoms. The normalized spacial score (nSPS) is 12.7. The second kappa shape index (κ2) is 7.39. The molecule has 0 aliphatic carbocycles. The number of rotatable bonds is 7. The molecule has 0 aliphatic rings. The Kier molecular flexibility index (Phi) is 6.09. The molecular weight excluding hydrogens is 201 g/mol. The standard InChI is InChI=1S/C14H22FN/c1-3-5-6-14(4-2)16-11-12-7-9-13(15)10-8-12/h7-10,14,16H,3-6,11H2,1-2H3. The van der Waals surface area contributed by atoms with E-state index >= 15 is 0 Å². The fourth-order valence-electron chi connectivity index (χ4n) is 1.77. The van der Waals surface area contributed by atoms with Crippen molar-refractivity contribution in [3.8, 4) is 0 Å². The number of hydrogen-bond acceptors (Lipinski definition) is 1. The average molecular weight is 223 g/mol. The molecule has 1 unspecified atom stereocenters. The van der Waals surface area contributed by atoms with Crippen molar-refractivity contribution in [3.05, 3.63) is 35.6 Å². The number of halogens is 1. The molecule has 1 rings (SSSR count). The van der Waals surface area contributed by atoms with Gasteiger partial charge in [0.1, 0.15) is 5.82 Å². The van der Waals surface area contributed by atoms with Gasteiger partial charge in [-0.05, 0) is 30.5 Å². The minimum atomic E-state index is -0.165. The summed E-state index contributed by atoms with van der Waals surface area (Å²) in [5.74, 6) is -0.165. The molecule has 0 fully saturated rings. The number of hydrogen-bond donors (Lipinski definition) is 1. The Morgan fingerprint density at radius 2 is 1.88 bits per heavy atom. The highest BCUT2D eigenvalue weighted by atomic mass is 19.1. The van der Waals surface area contributed by atoms with Crippen LogP contribution in [0.2, 0.25) is 0 Å². The summed E-state index contributed by atoms with van der Waals surface area (Å²) >= 11 is 0. The van der Waals surface area contributed by atoms with Crippen LogP contribution in [0, 0.1) is 5.82 Å². The first-order chi connectivity index (χ1) is 7.76. The van der Waals surface area contributed by atoms with Gasteiger partial charge in [0.15, 0.2) is 0 Å². The van der Waals surface area contributed by atoms with Crippen LogP contribution in [0.3, 0.4) is 0 Å². The van der Waals surface area contributed by atoms with Gasteiger partial charge in [0, 0.05) is 12.6 Å². The average Bonchev–Trinajstić information content (AvgIpc) is 2.32. The number of unbranched alkanes of at least 4 members (excludes halogenated alkanes) is 1. The Morgan fingerprint density at radius 1 is 1.19 bits per heavy atom. The van der Waals surface area contributed by atoms with Crippen molar-refractivity contribution < 1.29 is 4.39 Å². The Morgan fingerprint density at radius 3 is 2.44 bits per heavy atom. The Bertz CT molecular complexity index is 281. The van der Waals surface area contributed by atoms with Gasteiger partial charge in [-0.1, -0.05) is 38.8 Å². The lowest BCUT2D eigenvalue weighted by Crippen LogP contribution is -2.27. The first-order valence-electron chi connectivity index (χ1n) is 6.24. The van der Waals surface area contributed by atoms with Crippen LogP contribution in [0.1, 0.15) is 45.1 Å². The molecule has 1 atom stereocenters. The molecule has 1 nitrogen and oxygen atoms in total. The predicted molar refractivity (Wildman–Crippen MR) is 66.8 cm³/mol. The van der Waals surface area contributed by atoms with Gasteiger partial charge in [0.2, 0.25) is 0 Å². The summed E-state index contributed by atoms with van der Waals surface area (Å²) in [6.45, 7) is 5.26. The summed E-state index contributed by atoms with van der Waals surface area (Å²) in [5, 5.41) is 3.52. The summed E-state index contributed by atoms with van der Waals surface area (Å²) in [5.41, 5.74) is 1.15. The molecule has 0 bridgehead atoms. The third-order valence-electron chi connectivity index (χ3n) is 2.91. The summed E-state index contributed by atoms with van der Waals surface area (Å²) in [6, 6.07) is 7.31. The smallest absolute Gasteiger partial charge is 0.123 e. The van der Waals surface area contributed by atoms with E-state index in [4.69, 9.17) is 0 Å². The fraction of sp³-hybridized carbons (Fsp3) is 0.571. The minimum Gasteiger partial charge on any atom is -0.310 e. The third-order valence-corrected chi connectivity index (χ3v) is 2.91. The van der Waals surface area contributed by atoms with Crippen molar-refractivity contribution in [1.29, 1.82) is 0 Å².